The highest BCUT2D eigenvalue weighted by molar-refractivity contribution is 5.99. The predicted molar refractivity (Wildman–Crippen MR) is 393 cm³/mol. The van der Waals surface area contributed by atoms with Crippen LogP contribution in [0, 0.1) is 0 Å². The van der Waals surface area contributed by atoms with Crippen molar-refractivity contribution in [3.8, 4) is 135 Å². The standard InChI is InChI=1S/C92H56N4O2/c1-3-24-59(25-4-1)80-55-82(95-89(93-80)70-35-21-43-78-87(70)97-84-45-17-15-40-75(84)91(78)72-37-12-9-31-67(72)68-32-10-13-38-73(68)91)61-50-47-58(48-51-61)63-29-19-30-64(53-63)66-34-20-42-77-86(66)69-33-11-14-39-74(69)92(77)76-41-16-18-46-85(76)98-88-71(36-22-44-79(88)92)90-94-81(60-26-5-2-6-27-60)56-83(96-90)65-52-49-57-23-7-8-28-62(57)54-65/h1-56H. The minimum Gasteiger partial charge on any atom is -0.456 e. The summed E-state index contributed by atoms with van der Waals surface area (Å²) in [6.07, 6.45) is 0. The molecule has 0 saturated carbocycles. The summed E-state index contributed by atoms with van der Waals surface area (Å²) in [4.78, 5) is 21.8. The summed E-state index contributed by atoms with van der Waals surface area (Å²) in [5.41, 5.74) is 26.0. The van der Waals surface area contributed by atoms with E-state index in [1.807, 2.05) is 12.1 Å². The highest BCUT2D eigenvalue weighted by Gasteiger charge is 2.54. The minimum atomic E-state index is -0.760. The maximum atomic E-state index is 7.27. The summed E-state index contributed by atoms with van der Waals surface area (Å²) < 4.78 is 14.4. The van der Waals surface area contributed by atoms with Gasteiger partial charge in [-0.05, 0) is 126 Å². The van der Waals surface area contributed by atoms with Crippen molar-refractivity contribution in [2.75, 3.05) is 0 Å². The summed E-state index contributed by atoms with van der Waals surface area (Å²) in [7, 11) is 0. The first-order valence-electron chi connectivity index (χ1n) is 33.4. The Morgan fingerprint density at radius 2 is 0.571 bits per heavy atom. The summed E-state index contributed by atoms with van der Waals surface area (Å²) in [5, 5.41) is 2.33. The molecule has 6 nitrogen and oxygen atoms in total. The Labute approximate surface area is 567 Å². The molecular formula is C92H56N4O2. The van der Waals surface area contributed by atoms with Crippen LogP contribution in [0.4, 0.5) is 0 Å². The number of ether oxygens (including phenoxy) is 2. The van der Waals surface area contributed by atoms with Crippen LogP contribution in [-0.2, 0) is 10.8 Å². The van der Waals surface area contributed by atoms with Gasteiger partial charge in [0.05, 0.1) is 44.7 Å². The Hall–Kier alpha value is -12.9. The molecule has 98 heavy (non-hydrogen) atoms. The molecule has 456 valence electrons. The van der Waals surface area contributed by atoms with E-state index in [9.17, 15) is 0 Å². The third-order valence-corrected chi connectivity index (χ3v) is 20.7. The Kier molecular flexibility index (Phi) is 12.4. The SMILES string of the molecule is c1ccc(-c2cc(-c3ccc(-c4cccc(-c5cccc6c5-c5ccccc5C65c6ccccc6Oc6c(-c7nc(-c8ccccc8)cc(-c8ccc9ccccc9c8)n7)cccc65)c4)cc3)nc(-c3cccc4c3Oc3ccccc3C43c4ccccc4-c4ccccc43)n2)cc1. The van der Waals surface area contributed by atoms with Gasteiger partial charge in [-0.3, -0.25) is 0 Å². The third-order valence-electron chi connectivity index (χ3n) is 20.7. The second kappa shape index (κ2) is 21.8. The van der Waals surface area contributed by atoms with Gasteiger partial charge in [-0.2, -0.15) is 0 Å². The molecule has 14 aromatic carbocycles. The molecule has 0 saturated heterocycles. The summed E-state index contributed by atoms with van der Waals surface area (Å²) in [5.74, 6) is 4.29. The second-order valence-corrected chi connectivity index (χ2v) is 25.8. The normalized spacial score (nSPS) is 14.4. The summed E-state index contributed by atoms with van der Waals surface area (Å²) in [6.45, 7) is 0. The molecule has 16 aromatic rings. The largest absolute Gasteiger partial charge is 0.456 e. The van der Waals surface area contributed by atoms with Gasteiger partial charge in [0, 0.05) is 44.5 Å². The molecule has 2 aliphatic heterocycles. The lowest BCUT2D eigenvalue weighted by atomic mass is 9.65. The van der Waals surface area contributed by atoms with Gasteiger partial charge in [0.15, 0.2) is 11.6 Å². The zero-order chi connectivity index (χ0) is 64.5. The third kappa shape index (κ3) is 8.28. The summed E-state index contributed by atoms with van der Waals surface area (Å²) in [6, 6.07) is 121. The van der Waals surface area contributed by atoms with Crippen molar-refractivity contribution in [3.05, 3.63) is 384 Å². The quantitative estimate of drug-likeness (QED) is 0.151. The van der Waals surface area contributed by atoms with Gasteiger partial charge < -0.3 is 9.47 Å². The van der Waals surface area contributed by atoms with Crippen LogP contribution < -0.4 is 9.47 Å². The van der Waals surface area contributed by atoms with E-state index >= 15 is 0 Å². The first-order chi connectivity index (χ1) is 48.6. The lowest BCUT2D eigenvalue weighted by Crippen LogP contribution is -2.32. The molecule has 2 aromatic heterocycles. The lowest BCUT2D eigenvalue weighted by molar-refractivity contribution is 0.437. The second-order valence-electron chi connectivity index (χ2n) is 25.8. The van der Waals surface area contributed by atoms with Crippen molar-refractivity contribution in [2.45, 2.75) is 10.8 Å². The minimum absolute atomic E-state index is 0.588. The van der Waals surface area contributed by atoms with Gasteiger partial charge >= 0.3 is 0 Å². The maximum Gasteiger partial charge on any atom is 0.164 e. The fourth-order valence-electron chi connectivity index (χ4n) is 16.4. The lowest BCUT2D eigenvalue weighted by Gasteiger charge is -2.40. The molecule has 6 heteroatoms. The first kappa shape index (κ1) is 55.5. The van der Waals surface area contributed by atoms with Gasteiger partial charge in [0.1, 0.15) is 23.0 Å². The number of hydrogen-bond donors (Lipinski definition) is 0. The van der Waals surface area contributed by atoms with Crippen LogP contribution >= 0.6 is 0 Å². The molecule has 1 atom stereocenters. The van der Waals surface area contributed by atoms with Crippen molar-refractivity contribution in [2.24, 2.45) is 0 Å². The van der Waals surface area contributed by atoms with Crippen LogP contribution in [0.1, 0.15) is 44.5 Å². The molecule has 2 aliphatic carbocycles. The van der Waals surface area contributed by atoms with E-state index in [0.29, 0.717) is 11.6 Å². The molecule has 4 heterocycles. The molecule has 1 unspecified atom stereocenters. The van der Waals surface area contributed by atoms with Crippen LogP contribution in [0.5, 0.6) is 23.0 Å². The zero-order valence-corrected chi connectivity index (χ0v) is 52.9. The molecular weight excluding hydrogens is 1190 g/mol. The van der Waals surface area contributed by atoms with Crippen LogP contribution in [0.25, 0.3) is 123 Å². The Balaban J connectivity index is 0.694. The smallest absolute Gasteiger partial charge is 0.164 e. The predicted octanol–water partition coefficient (Wildman–Crippen LogP) is 22.7. The molecule has 0 amide bonds. The Morgan fingerprint density at radius 3 is 1.14 bits per heavy atom. The van der Waals surface area contributed by atoms with Gasteiger partial charge in [-0.15, -0.1) is 0 Å². The van der Waals surface area contributed by atoms with Crippen molar-refractivity contribution in [1.29, 1.82) is 0 Å². The van der Waals surface area contributed by atoms with Crippen LogP contribution in [0.2, 0.25) is 0 Å². The summed E-state index contributed by atoms with van der Waals surface area (Å²) >= 11 is 0. The number of fused-ring (bicyclic) bond motifs is 19. The van der Waals surface area contributed by atoms with E-state index < -0.39 is 10.8 Å². The average Bonchev–Trinajstić information content (AvgIpc) is 1.50. The highest BCUT2D eigenvalue weighted by atomic mass is 16.5. The molecule has 0 N–H and O–H groups in total. The number of hydrogen-bond acceptors (Lipinski definition) is 6. The molecule has 0 radical (unpaired) electrons. The fraction of sp³-hybridized carbons (Fsp3) is 0.0217. The van der Waals surface area contributed by atoms with Crippen molar-refractivity contribution in [1.82, 2.24) is 19.9 Å². The number of aromatic nitrogens is 4. The van der Waals surface area contributed by atoms with Crippen LogP contribution in [-0.4, -0.2) is 19.9 Å². The van der Waals surface area contributed by atoms with Gasteiger partial charge in [-0.1, -0.05) is 291 Å². The monoisotopic (exact) mass is 1250 g/mol. The van der Waals surface area contributed by atoms with E-state index in [2.05, 4.69) is 328 Å². The molecule has 0 bridgehead atoms. The average molecular weight is 1250 g/mol. The maximum absolute atomic E-state index is 7.27. The number of rotatable bonds is 8. The van der Waals surface area contributed by atoms with E-state index in [0.717, 1.165) is 129 Å². The molecule has 20 rings (SSSR count). The molecule has 2 spiro atoms. The van der Waals surface area contributed by atoms with E-state index in [1.54, 1.807) is 0 Å². The Morgan fingerprint density at radius 1 is 0.204 bits per heavy atom. The van der Waals surface area contributed by atoms with Crippen molar-refractivity contribution < 1.29 is 9.47 Å². The van der Waals surface area contributed by atoms with E-state index in [-0.39, 0.29) is 0 Å². The number of para-hydroxylation sites is 4. The topological polar surface area (TPSA) is 70.0 Å². The fourth-order valence-corrected chi connectivity index (χ4v) is 16.4. The van der Waals surface area contributed by atoms with Crippen molar-refractivity contribution >= 4 is 10.8 Å². The van der Waals surface area contributed by atoms with Crippen LogP contribution in [0.3, 0.4) is 0 Å². The number of nitrogens with zero attached hydrogens (tertiary/aromatic N) is 4. The van der Waals surface area contributed by atoms with Gasteiger partial charge in [-0.25, -0.2) is 19.9 Å². The van der Waals surface area contributed by atoms with Gasteiger partial charge in [0.2, 0.25) is 0 Å². The van der Waals surface area contributed by atoms with Crippen LogP contribution in [0.15, 0.2) is 340 Å². The number of benzene rings is 14. The van der Waals surface area contributed by atoms with Gasteiger partial charge in [0.25, 0.3) is 0 Å². The molecule has 0 fully saturated rings. The van der Waals surface area contributed by atoms with E-state index in [4.69, 9.17) is 29.4 Å². The van der Waals surface area contributed by atoms with Crippen molar-refractivity contribution in [3.63, 3.8) is 0 Å². The Bertz CT molecular complexity index is 5920. The first-order valence-corrected chi connectivity index (χ1v) is 33.4. The molecule has 4 aliphatic rings. The highest BCUT2D eigenvalue weighted by Crippen LogP contribution is 2.66. The van der Waals surface area contributed by atoms with E-state index in [1.165, 1.54) is 49.9 Å². The zero-order valence-electron chi connectivity index (χ0n) is 52.9.